The molecule has 0 spiro atoms. The van der Waals surface area contributed by atoms with Crippen LogP contribution in [0.3, 0.4) is 0 Å². The number of benzene rings is 2. The number of nitrogens with two attached hydrogens (primary N) is 1. The fourth-order valence-corrected chi connectivity index (χ4v) is 2.47. The van der Waals surface area contributed by atoms with Gasteiger partial charge < -0.3 is 20.9 Å². The molecule has 1 amide bonds. The van der Waals surface area contributed by atoms with Gasteiger partial charge in [0.2, 0.25) is 0 Å². The van der Waals surface area contributed by atoms with E-state index in [9.17, 15) is 9.90 Å². The van der Waals surface area contributed by atoms with Crippen molar-refractivity contribution in [2.24, 2.45) is 5.73 Å². The summed E-state index contributed by atoms with van der Waals surface area (Å²) in [7, 11) is 0. The highest BCUT2D eigenvalue weighted by molar-refractivity contribution is 6.05. The van der Waals surface area contributed by atoms with Gasteiger partial charge in [0, 0.05) is 12.1 Å². The Kier molecular flexibility index (Phi) is 5.24. The highest BCUT2D eigenvalue weighted by Gasteiger charge is 2.14. The van der Waals surface area contributed by atoms with E-state index in [0.29, 0.717) is 24.4 Å². The van der Waals surface area contributed by atoms with E-state index in [1.165, 1.54) is 0 Å². The maximum absolute atomic E-state index is 12.5. The number of carbonyl (C=O) groups excluding carboxylic acids is 1. The van der Waals surface area contributed by atoms with E-state index >= 15 is 0 Å². The van der Waals surface area contributed by atoms with Gasteiger partial charge in [-0.2, -0.15) is 0 Å². The van der Waals surface area contributed by atoms with Crippen molar-refractivity contribution in [2.45, 2.75) is 20.8 Å². The molecule has 2 aromatic carbocycles. The zero-order chi connectivity index (χ0) is 17.0. The average Bonchev–Trinajstić information content (AvgIpc) is 2.50. The van der Waals surface area contributed by atoms with Gasteiger partial charge in [0.1, 0.15) is 18.1 Å². The molecule has 5 heteroatoms. The number of phenolic OH excluding ortho intramolecular Hbond substituents is 1. The summed E-state index contributed by atoms with van der Waals surface area (Å²) in [4.78, 5) is 12.5. The first-order valence-corrected chi connectivity index (χ1v) is 7.48. The number of rotatable bonds is 5. The molecule has 0 bridgehead atoms. The number of hydrogen-bond acceptors (Lipinski definition) is 4. The van der Waals surface area contributed by atoms with E-state index in [2.05, 4.69) is 5.32 Å². The van der Waals surface area contributed by atoms with E-state index in [1.807, 2.05) is 26.8 Å². The second kappa shape index (κ2) is 7.15. The molecule has 0 aliphatic carbocycles. The first-order valence-electron chi connectivity index (χ1n) is 7.48. The lowest BCUT2D eigenvalue weighted by Gasteiger charge is -2.14. The molecule has 0 saturated carbocycles. The van der Waals surface area contributed by atoms with Gasteiger partial charge in [0.25, 0.3) is 5.91 Å². The lowest BCUT2D eigenvalue weighted by molar-refractivity contribution is 0.102. The van der Waals surface area contributed by atoms with Crippen LogP contribution in [0.4, 0.5) is 5.69 Å². The number of aryl methyl sites for hydroxylation is 3. The smallest absolute Gasteiger partial charge is 0.255 e. The number of phenols is 1. The van der Waals surface area contributed by atoms with Crippen LogP contribution in [-0.2, 0) is 0 Å². The van der Waals surface area contributed by atoms with Crippen LogP contribution in [0.2, 0.25) is 0 Å². The van der Waals surface area contributed by atoms with Crippen molar-refractivity contribution in [3.8, 4) is 11.5 Å². The molecule has 23 heavy (non-hydrogen) atoms. The minimum atomic E-state index is -0.272. The van der Waals surface area contributed by atoms with Gasteiger partial charge >= 0.3 is 0 Å². The Balaban J connectivity index is 2.26. The van der Waals surface area contributed by atoms with Gasteiger partial charge in [-0.3, -0.25) is 4.79 Å². The molecule has 0 unspecified atom stereocenters. The van der Waals surface area contributed by atoms with Crippen molar-refractivity contribution in [3.05, 3.63) is 52.6 Å². The SMILES string of the molecule is Cc1cccc(O)c1NC(=O)c1cc(C)c(OCCN)c(C)c1. The van der Waals surface area contributed by atoms with E-state index in [1.54, 1.807) is 24.3 Å². The number of hydrogen-bond donors (Lipinski definition) is 3. The Morgan fingerprint density at radius 1 is 1.17 bits per heavy atom. The van der Waals surface area contributed by atoms with Crippen LogP contribution in [-0.4, -0.2) is 24.2 Å². The van der Waals surface area contributed by atoms with Crippen molar-refractivity contribution in [1.82, 2.24) is 0 Å². The summed E-state index contributed by atoms with van der Waals surface area (Å²) in [6, 6.07) is 8.64. The first kappa shape index (κ1) is 16.8. The van der Waals surface area contributed by atoms with Gasteiger partial charge in [-0.05, 0) is 55.7 Å². The minimum Gasteiger partial charge on any atom is -0.506 e. The van der Waals surface area contributed by atoms with Crippen LogP contribution in [0, 0.1) is 20.8 Å². The zero-order valence-corrected chi connectivity index (χ0v) is 13.6. The molecule has 0 aliphatic rings. The summed E-state index contributed by atoms with van der Waals surface area (Å²) in [5.41, 5.74) is 8.95. The quantitative estimate of drug-likeness (QED) is 0.741. The molecule has 0 radical (unpaired) electrons. The third kappa shape index (κ3) is 3.81. The molecule has 2 rings (SSSR count). The van der Waals surface area contributed by atoms with E-state index < -0.39 is 0 Å². The van der Waals surface area contributed by atoms with Crippen LogP contribution in [0.5, 0.6) is 11.5 Å². The Morgan fingerprint density at radius 2 is 1.83 bits per heavy atom. The zero-order valence-electron chi connectivity index (χ0n) is 13.6. The van der Waals surface area contributed by atoms with Crippen molar-refractivity contribution in [3.63, 3.8) is 0 Å². The highest BCUT2D eigenvalue weighted by Crippen LogP contribution is 2.29. The van der Waals surface area contributed by atoms with Crippen LogP contribution in [0.1, 0.15) is 27.0 Å². The van der Waals surface area contributed by atoms with Gasteiger partial charge in [0.05, 0.1) is 5.69 Å². The summed E-state index contributed by atoms with van der Waals surface area (Å²) in [5, 5.41) is 12.7. The lowest BCUT2D eigenvalue weighted by Crippen LogP contribution is -2.15. The van der Waals surface area contributed by atoms with Crippen LogP contribution < -0.4 is 15.8 Å². The minimum absolute atomic E-state index is 0.0506. The van der Waals surface area contributed by atoms with E-state index in [0.717, 1.165) is 22.4 Å². The number of nitrogens with one attached hydrogen (secondary N) is 1. The monoisotopic (exact) mass is 314 g/mol. The number of aromatic hydroxyl groups is 1. The second-order valence-electron chi connectivity index (χ2n) is 5.50. The van der Waals surface area contributed by atoms with Crippen molar-refractivity contribution >= 4 is 11.6 Å². The number of ether oxygens (including phenoxy) is 1. The summed E-state index contributed by atoms with van der Waals surface area (Å²) < 4.78 is 5.61. The fraction of sp³-hybridized carbons (Fsp3) is 0.278. The molecule has 0 aromatic heterocycles. The van der Waals surface area contributed by atoms with Crippen molar-refractivity contribution in [2.75, 3.05) is 18.5 Å². The highest BCUT2D eigenvalue weighted by atomic mass is 16.5. The van der Waals surface area contributed by atoms with Gasteiger partial charge in [-0.25, -0.2) is 0 Å². The number of amides is 1. The third-order valence-corrected chi connectivity index (χ3v) is 3.58. The molecule has 0 saturated heterocycles. The second-order valence-corrected chi connectivity index (χ2v) is 5.50. The molecule has 2 aromatic rings. The van der Waals surface area contributed by atoms with E-state index in [4.69, 9.17) is 10.5 Å². The number of carbonyl (C=O) groups is 1. The largest absolute Gasteiger partial charge is 0.506 e. The molecule has 0 atom stereocenters. The number of para-hydroxylation sites is 1. The maximum atomic E-state index is 12.5. The predicted molar refractivity (Wildman–Crippen MR) is 91.3 cm³/mol. The number of anilines is 1. The Morgan fingerprint density at radius 3 is 2.39 bits per heavy atom. The Labute approximate surface area is 136 Å². The summed E-state index contributed by atoms with van der Waals surface area (Å²) in [5.74, 6) is 0.534. The molecule has 0 aliphatic heterocycles. The molecule has 5 nitrogen and oxygen atoms in total. The van der Waals surface area contributed by atoms with Crippen LogP contribution >= 0.6 is 0 Å². The van der Waals surface area contributed by atoms with Crippen LogP contribution in [0.15, 0.2) is 30.3 Å². The third-order valence-electron chi connectivity index (χ3n) is 3.58. The maximum Gasteiger partial charge on any atom is 0.255 e. The summed E-state index contributed by atoms with van der Waals surface area (Å²) in [6.07, 6.45) is 0. The molecule has 4 N–H and O–H groups in total. The van der Waals surface area contributed by atoms with Crippen molar-refractivity contribution in [1.29, 1.82) is 0 Å². The Bertz CT molecular complexity index is 683. The molecular formula is C18H22N2O3. The first-order chi connectivity index (χ1) is 10.9. The predicted octanol–water partition coefficient (Wildman–Crippen LogP) is 2.91. The normalized spacial score (nSPS) is 10.4. The molecule has 0 heterocycles. The summed E-state index contributed by atoms with van der Waals surface area (Å²) >= 11 is 0. The van der Waals surface area contributed by atoms with Gasteiger partial charge in [-0.1, -0.05) is 12.1 Å². The average molecular weight is 314 g/mol. The fourth-order valence-electron chi connectivity index (χ4n) is 2.47. The molecule has 0 fully saturated rings. The van der Waals surface area contributed by atoms with Crippen molar-refractivity contribution < 1.29 is 14.6 Å². The summed E-state index contributed by atoms with van der Waals surface area (Å²) in [6.45, 7) is 6.48. The van der Waals surface area contributed by atoms with Gasteiger partial charge in [0.15, 0.2) is 0 Å². The standard InChI is InChI=1S/C18H22N2O3/c1-11-5-4-6-15(21)16(11)20-18(22)14-9-12(2)17(13(3)10-14)23-8-7-19/h4-6,9-10,21H,7-8,19H2,1-3H3,(H,20,22). The molecule has 122 valence electrons. The Hall–Kier alpha value is -2.53. The van der Waals surface area contributed by atoms with Gasteiger partial charge in [-0.15, -0.1) is 0 Å². The van der Waals surface area contributed by atoms with E-state index in [-0.39, 0.29) is 11.7 Å². The molecular weight excluding hydrogens is 292 g/mol. The van der Waals surface area contributed by atoms with Crippen LogP contribution in [0.25, 0.3) is 0 Å². The topological polar surface area (TPSA) is 84.6 Å². The lowest BCUT2D eigenvalue weighted by atomic mass is 10.0.